The number of urea groups is 1. The molecule has 40 heavy (non-hydrogen) atoms. The van der Waals surface area contributed by atoms with E-state index in [9.17, 15) is 9.59 Å². The van der Waals surface area contributed by atoms with E-state index in [1.54, 1.807) is 38.6 Å². The highest BCUT2D eigenvalue weighted by molar-refractivity contribution is 6.09. The standard InChI is InChI=1S/C29H37N9O2/c1-19(2)34-25-13-15-37(26-11-10-23(17-31-26)38-20(3)12-14-33-38)18-24(25)27(30)28(39)32-16-21-6-8-22(9-7-21)35-29(40)36(4)5/h6-12,14,17,19H,13,15-16,18,30H2,1-5H3,(H,32,39)(H,35,40). The van der Waals surface area contributed by atoms with Gasteiger partial charge in [0.25, 0.3) is 5.91 Å². The van der Waals surface area contributed by atoms with Crippen LogP contribution in [0.5, 0.6) is 0 Å². The number of anilines is 2. The molecule has 1 saturated heterocycles. The predicted octanol–water partition coefficient (Wildman–Crippen LogP) is 3.26. The van der Waals surface area contributed by atoms with E-state index in [4.69, 9.17) is 10.7 Å². The second kappa shape index (κ2) is 12.5. The highest BCUT2D eigenvalue weighted by atomic mass is 16.2. The molecule has 11 nitrogen and oxygen atoms in total. The summed E-state index contributed by atoms with van der Waals surface area (Å²) in [6.45, 7) is 7.45. The van der Waals surface area contributed by atoms with E-state index >= 15 is 0 Å². The van der Waals surface area contributed by atoms with E-state index in [2.05, 4.69) is 25.6 Å². The van der Waals surface area contributed by atoms with E-state index in [0.29, 0.717) is 37.3 Å². The van der Waals surface area contributed by atoms with E-state index < -0.39 is 0 Å². The average molecular weight is 544 g/mol. The van der Waals surface area contributed by atoms with Crippen LogP contribution in [0.25, 0.3) is 5.69 Å². The molecule has 210 valence electrons. The lowest BCUT2D eigenvalue weighted by atomic mass is 9.99. The van der Waals surface area contributed by atoms with Gasteiger partial charge in [-0.15, -0.1) is 0 Å². The summed E-state index contributed by atoms with van der Waals surface area (Å²) in [5.41, 5.74) is 11.6. The first-order valence-corrected chi connectivity index (χ1v) is 13.3. The molecule has 0 bridgehead atoms. The fraction of sp³-hybridized carbons (Fsp3) is 0.345. The molecule has 1 aromatic carbocycles. The molecule has 0 saturated carbocycles. The van der Waals surface area contributed by atoms with Crippen LogP contribution in [0.1, 0.15) is 31.5 Å². The van der Waals surface area contributed by atoms with Gasteiger partial charge >= 0.3 is 6.03 Å². The van der Waals surface area contributed by atoms with E-state index in [0.717, 1.165) is 28.5 Å². The molecular formula is C29H37N9O2. The molecule has 0 radical (unpaired) electrons. The SMILES string of the molecule is Cc1ccnn1-c1ccc(N2CCC(=NC(C)C)C(=C(N)C(=O)NCc3ccc(NC(=O)N(C)C)cc3)C2)nc1. The molecular weight excluding hydrogens is 506 g/mol. The first-order chi connectivity index (χ1) is 19.1. The molecule has 0 aliphatic carbocycles. The molecule has 1 aliphatic rings. The summed E-state index contributed by atoms with van der Waals surface area (Å²) in [7, 11) is 3.35. The van der Waals surface area contributed by atoms with Crippen LogP contribution in [0.3, 0.4) is 0 Å². The number of nitrogens with zero attached hydrogens (tertiary/aromatic N) is 6. The van der Waals surface area contributed by atoms with Gasteiger partial charge in [-0.25, -0.2) is 14.5 Å². The Morgan fingerprint density at radius 1 is 1.12 bits per heavy atom. The van der Waals surface area contributed by atoms with Crippen LogP contribution in [-0.4, -0.2) is 70.5 Å². The van der Waals surface area contributed by atoms with Crippen molar-refractivity contribution in [3.05, 3.63) is 77.4 Å². The number of carbonyl (C=O) groups is 2. The third-order valence-corrected chi connectivity index (χ3v) is 6.50. The number of piperidine rings is 1. The van der Waals surface area contributed by atoms with Gasteiger partial charge in [-0.05, 0) is 56.7 Å². The van der Waals surface area contributed by atoms with Gasteiger partial charge in [-0.1, -0.05) is 12.1 Å². The second-order valence-corrected chi connectivity index (χ2v) is 10.2. The highest BCUT2D eigenvalue weighted by Crippen LogP contribution is 2.23. The minimum absolute atomic E-state index is 0.0774. The number of carbonyl (C=O) groups excluding carboxylic acids is 2. The number of amides is 3. The van der Waals surface area contributed by atoms with Crippen molar-refractivity contribution in [3.63, 3.8) is 0 Å². The Morgan fingerprint density at radius 3 is 2.48 bits per heavy atom. The van der Waals surface area contributed by atoms with E-state index in [1.165, 1.54) is 4.90 Å². The maximum absolute atomic E-state index is 13.1. The quantitative estimate of drug-likeness (QED) is 0.392. The van der Waals surface area contributed by atoms with Crippen LogP contribution in [-0.2, 0) is 11.3 Å². The number of hydrogen-bond acceptors (Lipinski definition) is 7. The van der Waals surface area contributed by atoms with Gasteiger partial charge in [-0.3, -0.25) is 9.79 Å². The fourth-order valence-corrected chi connectivity index (χ4v) is 4.33. The normalized spacial score (nSPS) is 15.8. The molecule has 1 fully saturated rings. The molecule has 4 rings (SSSR count). The largest absolute Gasteiger partial charge is 0.394 e. The molecule has 4 N–H and O–H groups in total. The van der Waals surface area contributed by atoms with Gasteiger partial charge in [0.1, 0.15) is 11.5 Å². The molecule has 3 heterocycles. The molecule has 2 aromatic heterocycles. The number of nitrogens with one attached hydrogen (secondary N) is 2. The van der Waals surface area contributed by atoms with Crippen molar-refractivity contribution >= 4 is 29.2 Å². The van der Waals surface area contributed by atoms with E-state index in [1.807, 2.05) is 55.8 Å². The van der Waals surface area contributed by atoms with Crippen LogP contribution in [0.4, 0.5) is 16.3 Å². The van der Waals surface area contributed by atoms with Gasteiger partial charge in [0.05, 0.1) is 11.9 Å². The van der Waals surface area contributed by atoms with Crippen LogP contribution in [0.15, 0.2) is 71.1 Å². The third kappa shape index (κ3) is 6.85. The summed E-state index contributed by atoms with van der Waals surface area (Å²) in [5.74, 6) is 0.445. The zero-order chi connectivity index (χ0) is 28.8. The topological polar surface area (TPSA) is 134 Å². The molecule has 3 amide bonds. The Balaban J connectivity index is 1.47. The smallest absolute Gasteiger partial charge is 0.321 e. The van der Waals surface area contributed by atoms with Crippen molar-refractivity contribution in [2.45, 2.75) is 39.8 Å². The number of aliphatic imine (C=N–C) groups is 1. The Kier molecular flexibility index (Phi) is 8.83. The lowest BCUT2D eigenvalue weighted by molar-refractivity contribution is -0.117. The zero-order valence-corrected chi connectivity index (χ0v) is 23.7. The lowest BCUT2D eigenvalue weighted by Crippen LogP contribution is -2.40. The third-order valence-electron chi connectivity index (χ3n) is 6.50. The summed E-state index contributed by atoms with van der Waals surface area (Å²) < 4.78 is 1.83. The Morgan fingerprint density at radius 2 is 1.88 bits per heavy atom. The summed E-state index contributed by atoms with van der Waals surface area (Å²) in [5, 5.41) is 10.0. The van der Waals surface area contributed by atoms with Crippen LogP contribution in [0.2, 0.25) is 0 Å². The number of pyridine rings is 1. The first kappa shape index (κ1) is 28.3. The van der Waals surface area contributed by atoms with Crippen molar-refractivity contribution in [2.24, 2.45) is 10.7 Å². The number of rotatable bonds is 7. The Hall–Kier alpha value is -4.67. The van der Waals surface area contributed by atoms with Crippen molar-refractivity contribution in [1.82, 2.24) is 25.0 Å². The van der Waals surface area contributed by atoms with Crippen molar-refractivity contribution in [3.8, 4) is 5.69 Å². The molecule has 11 heteroatoms. The maximum atomic E-state index is 13.1. The molecule has 0 atom stereocenters. The number of aromatic nitrogens is 3. The number of nitrogens with two attached hydrogens (primary N) is 1. The summed E-state index contributed by atoms with van der Waals surface area (Å²) in [4.78, 5) is 38.0. The second-order valence-electron chi connectivity index (χ2n) is 10.2. The summed E-state index contributed by atoms with van der Waals surface area (Å²) in [6.07, 6.45) is 4.21. The molecule has 1 aliphatic heterocycles. The summed E-state index contributed by atoms with van der Waals surface area (Å²) in [6, 6.07) is 13.0. The van der Waals surface area contributed by atoms with Gasteiger partial charge in [0.2, 0.25) is 0 Å². The molecule has 0 unspecified atom stereocenters. The Bertz CT molecular complexity index is 1400. The van der Waals surface area contributed by atoms with Crippen molar-refractivity contribution < 1.29 is 9.59 Å². The van der Waals surface area contributed by atoms with Gasteiger partial charge in [0, 0.05) is 75.1 Å². The average Bonchev–Trinajstić information content (AvgIpc) is 3.37. The minimum atomic E-state index is -0.351. The number of benzene rings is 1. The van der Waals surface area contributed by atoms with Crippen molar-refractivity contribution in [2.75, 3.05) is 37.4 Å². The van der Waals surface area contributed by atoms with Gasteiger partial charge in [-0.2, -0.15) is 5.10 Å². The first-order valence-electron chi connectivity index (χ1n) is 13.3. The maximum Gasteiger partial charge on any atom is 0.321 e. The van der Waals surface area contributed by atoms with Gasteiger partial charge in [0.15, 0.2) is 0 Å². The summed E-state index contributed by atoms with van der Waals surface area (Å²) >= 11 is 0. The lowest BCUT2D eigenvalue weighted by Gasteiger charge is -2.32. The fourth-order valence-electron chi connectivity index (χ4n) is 4.33. The van der Waals surface area contributed by atoms with Gasteiger partial charge < -0.3 is 26.2 Å². The minimum Gasteiger partial charge on any atom is -0.394 e. The zero-order valence-electron chi connectivity index (χ0n) is 23.7. The monoisotopic (exact) mass is 543 g/mol. The molecule has 3 aromatic rings. The van der Waals surface area contributed by atoms with Crippen LogP contribution < -0.4 is 21.3 Å². The van der Waals surface area contributed by atoms with Crippen molar-refractivity contribution in [1.29, 1.82) is 0 Å². The molecule has 0 spiro atoms. The highest BCUT2D eigenvalue weighted by Gasteiger charge is 2.26. The van der Waals surface area contributed by atoms with Crippen LogP contribution in [0, 0.1) is 6.92 Å². The Labute approximate surface area is 234 Å². The number of aryl methyl sites for hydroxylation is 1. The predicted molar refractivity (Wildman–Crippen MR) is 158 cm³/mol. The number of hydrogen-bond donors (Lipinski definition) is 3. The van der Waals surface area contributed by atoms with E-state index in [-0.39, 0.29) is 23.7 Å². The van der Waals surface area contributed by atoms with Crippen LogP contribution >= 0.6 is 0 Å².